The molecule has 1 aromatic carbocycles. The Morgan fingerprint density at radius 3 is 2.47 bits per heavy atom. The minimum atomic E-state index is -0.00713. The molecule has 90 valence electrons. The first-order chi connectivity index (χ1) is 8.15. The molecule has 0 saturated heterocycles. The van der Waals surface area contributed by atoms with E-state index in [1.54, 1.807) is 0 Å². The molecule has 0 fully saturated rings. The second-order valence-corrected chi connectivity index (χ2v) is 5.94. The second kappa shape index (κ2) is 5.83. The molecular weight excluding hydrogens is 346 g/mol. The molecule has 0 heterocycles. The predicted octanol–water partition coefficient (Wildman–Crippen LogP) is 4.05. The Morgan fingerprint density at radius 2 is 1.88 bits per heavy atom. The van der Waals surface area contributed by atoms with Crippen LogP contribution in [0.25, 0.3) is 0 Å². The predicted molar refractivity (Wildman–Crippen MR) is 76.1 cm³/mol. The second-order valence-electron chi connectivity index (χ2n) is 4.11. The Labute approximate surface area is 118 Å². The van der Waals surface area contributed by atoms with Gasteiger partial charge in [0.15, 0.2) is 0 Å². The summed E-state index contributed by atoms with van der Waals surface area (Å²) in [4.78, 5) is 12.0. The van der Waals surface area contributed by atoms with E-state index in [2.05, 4.69) is 49.3 Å². The number of hydrogen-bond acceptors (Lipinski definition) is 1. The van der Waals surface area contributed by atoms with Crippen molar-refractivity contribution in [1.29, 1.82) is 0 Å². The number of amides is 1. The van der Waals surface area contributed by atoms with E-state index >= 15 is 0 Å². The van der Waals surface area contributed by atoms with E-state index in [-0.39, 0.29) is 11.9 Å². The maximum atomic E-state index is 12.0. The van der Waals surface area contributed by atoms with E-state index in [1.807, 2.05) is 18.2 Å². The van der Waals surface area contributed by atoms with Crippen LogP contribution >= 0.6 is 31.9 Å². The number of rotatable bonds is 2. The third kappa shape index (κ3) is 3.68. The molecule has 1 N–H and O–H groups in total. The SMILES string of the molecule is O=C(NC1CC=CCC1)c1cc(Br)cc(Br)c1. The van der Waals surface area contributed by atoms with Crippen molar-refractivity contribution >= 4 is 37.8 Å². The van der Waals surface area contributed by atoms with Crippen molar-refractivity contribution in [1.82, 2.24) is 5.32 Å². The standard InChI is InChI=1S/C13H13Br2NO/c14-10-6-9(7-11(15)8-10)13(17)16-12-4-2-1-3-5-12/h1-2,6-8,12H,3-5H2,(H,16,17). The van der Waals surface area contributed by atoms with Gasteiger partial charge >= 0.3 is 0 Å². The lowest BCUT2D eigenvalue weighted by atomic mass is 10.0. The molecule has 1 unspecified atom stereocenters. The van der Waals surface area contributed by atoms with Crippen LogP contribution in [0.3, 0.4) is 0 Å². The van der Waals surface area contributed by atoms with Crippen LogP contribution in [0.4, 0.5) is 0 Å². The Morgan fingerprint density at radius 1 is 1.18 bits per heavy atom. The summed E-state index contributed by atoms with van der Waals surface area (Å²) in [6, 6.07) is 5.85. The fourth-order valence-corrected chi connectivity index (χ4v) is 3.17. The quantitative estimate of drug-likeness (QED) is 0.794. The van der Waals surface area contributed by atoms with Gasteiger partial charge in [-0.25, -0.2) is 0 Å². The summed E-state index contributed by atoms with van der Waals surface area (Å²) in [5.74, 6) is -0.00713. The van der Waals surface area contributed by atoms with E-state index in [1.165, 1.54) is 0 Å². The van der Waals surface area contributed by atoms with Crippen LogP contribution in [0.1, 0.15) is 29.6 Å². The molecule has 2 nitrogen and oxygen atoms in total. The third-order valence-corrected chi connectivity index (χ3v) is 3.64. The third-order valence-electron chi connectivity index (χ3n) is 2.73. The highest BCUT2D eigenvalue weighted by molar-refractivity contribution is 9.11. The lowest BCUT2D eigenvalue weighted by molar-refractivity contribution is 0.0934. The Bertz CT molecular complexity index is 436. The first-order valence-corrected chi connectivity index (χ1v) is 7.16. The lowest BCUT2D eigenvalue weighted by Gasteiger charge is -2.19. The smallest absolute Gasteiger partial charge is 0.251 e. The molecule has 2 rings (SSSR count). The van der Waals surface area contributed by atoms with Crippen LogP contribution in [-0.4, -0.2) is 11.9 Å². The van der Waals surface area contributed by atoms with Gasteiger partial charge in [-0.15, -0.1) is 0 Å². The Kier molecular flexibility index (Phi) is 4.40. The zero-order valence-electron chi connectivity index (χ0n) is 9.25. The molecule has 0 aromatic heterocycles. The minimum absolute atomic E-state index is 0.00713. The summed E-state index contributed by atoms with van der Waals surface area (Å²) in [5.41, 5.74) is 0.681. The number of allylic oxidation sites excluding steroid dienone is 1. The molecular formula is C13H13Br2NO. The normalized spacial score (nSPS) is 19.1. The van der Waals surface area contributed by atoms with Gasteiger partial charge in [0, 0.05) is 20.6 Å². The van der Waals surface area contributed by atoms with Gasteiger partial charge in [0.05, 0.1) is 0 Å². The van der Waals surface area contributed by atoms with Gasteiger partial charge in [0.1, 0.15) is 0 Å². The summed E-state index contributed by atoms with van der Waals surface area (Å²) in [6.45, 7) is 0. The van der Waals surface area contributed by atoms with E-state index in [9.17, 15) is 4.79 Å². The molecule has 0 bridgehead atoms. The van der Waals surface area contributed by atoms with Crippen LogP contribution in [0.5, 0.6) is 0 Å². The lowest BCUT2D eigenvalue weighted by Crippen LogP contribution is -2.35. The maximum absolute atomic E-state index is 12.0. The van der Waals surface area contributed by atoms with Crippen molar-refractivity contribution in [2.75, 3.05) is 0 Å². The van der Waals surface area contributed by atoms with Gasteiger partial charge in [-0.2, -0.15) is 0 Å². The van der Waals surface area contributed by atoms with Crippen molar-refractivity contribution in [2.45, 2.75) is 25.3 Å². The summed E-state index contributed by atoms with van der Waals surface area (Å²) in [7, 11) is 0. The van der Waals surface area contributed by atoms with Crippen molar-refractivity contribution in [3.05, 3.63) is 44.9 Å². The molecule has 0 saturated carbocycles. The van der Waals surface area contributed by atoms with Gasteiger partial charge in [-0.05, 0) is 37.5 Å². The van der Waals surface area contributed by atoms with Crippen molar-refractivity contribution in [3.63, 3.8) is 0 Å². The van der Waals surface area contributed by atoms with Crippen LogP contribution in [-0.2, 0) is 0 Å². The average Bonchev–Trinajstić information content (AvgIpc) is 2.29. The van der Waals surface area contributed by atoms with Gasteiger partial charge in [-0.3, -0.25) is 4.79 Å². The molecule has 1 amide bonds. The summed E-state index contributed by atoms with van der Waals surface area (Å²) < 4.78 is 1.81. The first-order valence-electron chi connectivity index (χ1n) is 5.57. The van der Waals surface area contributed by atoms with Crippen LogP contribution in [0.2, 0.25) is 0 Å². The van der Waals surface area contributed by atoms with Crippen molar-refractivity contribution < 1.29 is 4.79 Å². The van der Waals surface area contributed by atoms with Crippen molar-refractivity contribution in [3.8, 4) is 0 Å². The molecule has 1 atom stereocenters. The van der Waals surface area contributed by atoms with Crippen molar-refractivity contribution in [2.24, 2.45) is 0 Å². The number of benzene rings is 1. The van der Waals surface area contributed by atoms with Gasteiger partial charge < -0.3 is 5.32 Å². The minimum Gasteiger partial charge on any atom is -0.349 e. The highest BCUT2D eigenvalue weighted by atomic mass is 79.9. The zero-order valence-corrected chi connectivity index (χ0v) is 12.4. The van der Waals surface area contributed by atoms with Gasteiger partial charge in [0.25, 0.3) is 5.91 Å². The highest BCUT2D eigenvalue weighted by Crippen LogP contribution is 2.20. The largest absolute Gasteiger partial charge is 0.349 e. The Balaban J connectivity index is 2.06. The van der Waals surface area contributed by atoms with Crippen LogP contribution in [0, 0.1) is 0 Å². The first kappa shape index (κ1) is 12.8. The molecule has 1 aliphatic carbocycles. The number of nitrogens with one attached hydrogen (secondary N) is 1. The zero-order chi connectivity index (χ0) is 12.3. The summed E-state index contributed by atoms with van der Waals surface area (Å²) in [5, 5.41) is 3.06. The van der Waals surface area contributed by atoms with Gasteiger partial charge in [0.2, 0.25) is 0 Å². The maximum Gasteiger partial charge on any atom is 0.251 e. The van der Waals surface area contributed by atoms with E-state index < -0.39 is 0 Å². The fraction of sp³-hybridized carbons (Fsp3) is 0.308. The van der Waals surface area contributed by atoms with Crippen LogP contribution in [0.15, 0.2) is 39.3 Å². The molecule has 4 heteroatoms. The molecule has 1 aromatic rings. The number of halogens is 2. The number of carbonyl (C=O) groups excluding carboxylic acids is 1. The topological polar surface area (TPSA) is 29.1 Å². The average molecular weight is 359 g/mol. The molecule has 17 heavy (non-hydrogen) atoms. The summed E-state index contributed by atoms with van der Waals surface area (Å²) in [6.07, 6.45) is 7.30. The van der Waals surface area contributed by atoms with Crippen LogP contribution < -0.4 is 5.32 Å². The molecule has 0 radical (unpaired) electrons. The van der Waals surface area contributed by atoms with E-state index in [4.69, 9.17) is 0 Å². The van der Waals surface area contributed by atoms with E-state index in [0.717, 1.165) is 28.2 Å². The van der Waals surface area contributed by atoms with E-state index in [0.29, 0.717) is 5.56 Å². The summed E-state index contributed by atoms with van der Waals surface area (Å²) >= 11 is 6.77. The number of hydrogen-bond donors (Lipinski definition) is 1. The molecule has 0 spiro atoms. The Hall–Kier alpha value is -0.610. The van der Waals surface area contributed by atoms with Gasteiger partial charge in [-0.1, -0.05) is 44.0 Å². The molecule has 0 aliphatic heterocycles. The fourth-order valence-electron chi connectivity index (χ4n) is 1.88. The number of carbonyl (C=O) groups is 1. The molecule has 1 aliphatic rings. The monoisotopic (exact) mass is 357 g/mol. The highest BCUT2D eigenvalue weighted by Gasteiger charge is 2.14.